The summed E-state index contributed by atoms with van der Waals surface area (Å²) in [4.78, 5) is 24.4. The summed E-state index contributed by atoms with van der Waals surface area (Å²) in [6.07, 6.45) is 0.821. The van der Waals surface area contributed by atoms with Crippen LogP contribution in [0, 0.1) is 11.8 Å². The molecular formula is C17H22O2S2. The molecule has 2 nitrogen and oxygen atoms in total. The molecule has 0 spiro atoms. The van der Waals surface area contributed by atoms with Crippen LogP contribution in [0.3, 0.4) is 0 Å². The SMILES string of the molecule is CCC1CSCc2ccccc2CSCC(C(C)=O)C1=O. The Morgan fingerprint density at radius 1 is 1.14 bits per heavy atom. The van der Waals surface area contributed by atoms with Crippen LogP contribution in [-0.4, -0.2) is 23.1 Å². The summed E-state index contributed by atoms with van der Waals surface area (Å²) in [5, 5.41) is 0. The van der Waals surface area contributed by atoms with Crippen LogP contribution in [0.4, 0.5) is 0 Å². The zero-order valence-corrected chi connectivity index (χ0v) is 14.3. The Morgan fingerprint density at radius 3 is 2.24 bits per heavy atom. The van der Waals surface area contributed by atoms with E-state index in [1.54, 1.807) is 18.7 Å². The smallest absolute Gasteiger partial charge is 0.148 e. The zero-order valence-electron chi connectivity index (χ0n) is 12.6. The predicted molar refractivity (Wildman–Crippen MR) is 91.7 cm³/mol. The van der Waals surface area contributed by atoms with Crippen LogP contribution in [0.1, 0.15) is 31.4 Å². The number of thioether (sulfide) groups is 2. The third-order valence-corrected chi connectivity index (χ3v) is 6.20. The highest BCUT2D eigenvalue weighted by Crippen LogP contribution is 2.28. The maximum Gasteiger partial charge on any atom is 0.148 e. The number of carbonyl (C=O) groups is 2. The molecule has 4 heteroatoms. The minimum absolute atomic E-state index is 0.00904. The summed E-state index contributed by atoms with van der Waals surface area (Å²) in [5.41, 5.74) is 2.69. The van der Waals surface area contributed by atoms with Crippen molar-refractivity contribution in [3.63, 3.8) is 0 Å². The fourth-order valence-electron chi connectivity index (χ4n) is 2.52. The highest BCUT2D eigenvalue weighted by molar-refractivity contribution is 7.99. The summed E-state index contributed by atoms with van der Waals surface area (Å²) in [7, 11) is 0. The van der Waals surface area contributed by atoms with E-state index >= 15 is 0 Å². The third-order valence-electron chi connectivity index (χ3n) is 3.97. The summed E-state index contributed by atoms with van der Waals surface area (Å²) < 4.78 is 0. The van der Waals surface area contributed by atoms with E-state index < -0.39 is 5.92 Å². The average Bonchev–Trinajstić information content (AvgIpc) is 2.50. The normalized spacial score (nSPS) is 24.0. The van der Waals surface area contributed by atoms with E-state index in [0.717, 1.165) is 23.7 Å². The van der Waals surface area contributed by atoms with Gasteiger partial charge in [0.1, 0.15) is 11.6 Å². The van der Waals surface area contributed by atoms with Crippen LogP contribution < -0.4 is 0 Å². The van der Waals surface area contributed by atoms with Crippen molar-refractivity contribution in [1.82, 2.24) is 0 Å². The quantitative estimate of drug-likeness (QED) is 0.772. The lowest BCUT2D eigenvalue weighted by atomic mass is 9.91. The van der Waals surface area contributed by atoms with Crippen molar-refractivity contribution in [2.45, 2.75) is 31.8 Å². The fraction of sp³-hybridized carbons (Fsp3) is 0.529. The first-order chi connectivity index (χ1) is 10.1. The summed E-state index contributed by atoms with van der Waals surface area (Å²) >= 11 is 3.52. The second-order valence-electron chi connectivity index (χ2n) is 5.47. The van der Waals surface area contributed by atoms with Gasteiger partial charge in [0.2, 0.25) is 0 Å². The Bertz CT molecular complexity index is 513. The minimum Gasteiger partial charge on any atom is -0.299 e. The zero-order chi connectivity index (χ0) is 15.2. The number of hydrogen-bond acceptors (Lipinski definition) is 4. The number of ketones is 2. The van der Waals surface area contributed by atoms with Crippen LogP contribution >= 0.6 is 23.5 Å². The number of benzene rings is 1. The van der Waals surface area contributed by atoms with Gasteiger partial charge in [0.25, 0.3) is 0 Å². The molecule has 0 fully saturated rings. The first kappa shape index (κ1) is 16.6. The van der Waals surface area contributed by atoms with Crippen LogP contribution in [0.25, 0.3) is 0 Å². The standard InChI is InChI=1S/C17H22O2S2/c1-3-13-8-20-9-14-6-4-5-7-15(14)10-21-11-16(12(2)18)17(13)19/h4-7,13,16H,3,8-11H2,1-2H3. The van der Waals surface area contributed by atoms with E-state index in [4.69, 9.17) is 0 Å². The van der Waals surface area contributed by atoms with Crippen molar-refractivity contribution in [3.05, 3.63) is 35.4 Å². The Morgan fingerprint density at radius 2 is 1.71 bits per heavy atom. The summed E-state index contributed by atoms with van der Waals surface area (Å²) in [6, 6.07) is 8.46. The van der Waals surface area contributed by atoms with Gasteiger partial charge >= 0.3 is 0 Å². The van der Waals surface area contributed by atoms with Gasteiger partial charge in [-0.2, -0.15) is 23.5 Å². The molecule has 0 bridgehead atoms. The average molecular weight is 322 g/mol. The molecule has 1 aromatic rings. The van der Waals surface area contributed by atoms with Crippen molar-refractivity contribution >= 4 is 35.1 Å². The lowest BCUT2D eigenvalue weighted by molar-refractivity contribution is -0.132. The number of hydrogen-bond donors (Lipinski definition) is 0. The largest absolute Gasteiger partial charge is 0.299 e. The molecule has 1 aromatic carbocycles. The Labute approximate surface area is 135 Å². The Hall–Kier alpha value is -0.740. The highest BCUT2D eigenvalue weighted by Gasteiger charge is 2.29. The van der Waals surface area contributed by atoms with Crippen LogP contribution in [0.15, 0.2) is 24.3 Å². The van der Waals surface area contributed by atoms with E-state index in [0.29, 0.717) is 5.75 Å². The first-order valence-corrected chi connectivity index (χ1v) is 9.70. The van der Waals surface area contributed by atoms with E-state index in [1.807, 2.05) is 18.7 Å². The third kappa shape index (κ3) is 4.36. The molecule has 0 saturated carbocycles. The van der Waals surface area contributed by atoms with Crippen LogP contribution in [0.2, 0.25) is 0 Å². The van der Waals surface area contributed by atoms with Gasteiger partial charge in [-0.05, 0) is 24.5 Å². The molecule has 0 N–H and O–H groups in total. The maximum atomic E-state index is 12.6. The number of Topliss-reactive ketones (excluding diaryl/α,β-unsaturated/α-hetero) is 2. The number of rotatable bonds is 2. The van der Waals surface area contributed by atoms with Gasteiger partial charge in [-0.3, -0.25) is 9.59 Å². The molecule has 0 aromatic heterocycles. The molecule has 0 radical (unpaired) electrons. The van der Waals surface area contributed by atoms with Crippen molar-refractivity contribution < 1.29 is 9.59 Å². The second kappa shape index (κ2) is 8.04. The summed E-state index contributed by atoms with van der Waals surface area (Å²) in [6.45, 7) is 3.59. The Kier molecular flexibility index (Phi) is 6.37. The molecule has 1 aliphatic rings. The predicted octanol–water partition coefficient (Wildman–Crippen LogP) is 3.97. The lowest BCUT2D eigenvalue weighted by Crippen LogP contribution is -2.31. The molecule has 1 aliphatic heterocycles. The fourth-order valence-corrected chi connectivity index (χ4v) is 5.08. The van der Waals surface area contributed by atoms with Crippen molar-refractivity contribution in [2.24, 2.45) is 11.8 Å². The molecule has 0 amide bonds. The highest BCUT2D eigenvalue weighted by atomic mass is 32.2. The lowest BCUT2D eigenvalue weighted by Gasteiger charge is -2.18. The van der Waals surface area contributed by atoms with Gasteiger partial charge in [-0.25, -0.2) is 0 Å². The van der Waals surface area contributed by atoms with E-state index in [-0.39, 0.29) is 17.5 Å². The molecule has 1 heterocycles. The van der Waals surface area contributed by atoms with Crippen molar-refractivity contribution in [1.29, 1.82) is 0 Å². The van der Waals surface area contributed by atoms with Gasteiger partial charge in [0, 0.05) is 28.9 Å². The van der Waals surface area contributed by atoms with E-state index in [1.165, 1.54) is 11.1 Å². The maximum absolute atomic E-state index is 12.6. The van der Waals surface area contributed by atoms with Crippen LogP contribution in [0.5, 0.6) is 0 Å². The molecule has 114 valence electrons. The molecule has 0 aliphatic carbocycles. The minimum atomic E-state index is -0.425. The number of fused-ring (bicyclic) bond motifs is 1. The molecule has 21 heavy (non-hydrogen) atoms. The molecular weight excluding hydrogens is 300 g/mol. The first-order valence-electron chi connectivity index (χ1n) is 7.40. The topological polar surface area (TPSA) is 34.1 Å². The van der Waals surface area contributed by atoms with Crippen molar-refractivity contribution in [2.75, 3.05) is 11.5 Å². The van der Waals surface area contributed by atoms with E-state index in [2.05, 4.69) is 24.3 Å². The van der Waals surface area contributed by atoms with Crippen molar-refractivity contribution in [3.8, 4) is 0 Å². The second-order valence-corrected chi connectivity index (χ2v) is 7.53. The molecule has 2 atom stereocenters. The summed E-state index contributed by atoms with van der Waals surface area (Å²) in [5.74, 6) is 3.01. The molecule has 2 rings (SSSR count). The molecule has 0 saturated heterocycles. The molecule has 2 unspecified atom stereocenters. The van der Waals surface area contributed by atoms with E-state index in [9.17, 15) is 9.59 Å². The van der Waals surface area contributed by atoms with Gasteiger partial charge < -0.3 is 0 Å². The van der Waals surface area contributed by atoms with Gasteiger partial charge in [0.15, 0.2) is 0 Å². The van der Waals surface area contributed by atoms with Gasteiger partial charge in [-0.15, -0.1) is 0 Å². The van der Waals surface area contributed by atoms with Gasteiger partial charge in [-0.1, -0.05) is 31.2 Å². The van der Waals surface area contributed by atoms with Crippen LogP contribution in [-0.2, 0) is 21.1 Å². The monoisotopic (exact) mass is 322 g/mol. The van der Waals surface area contributed by atoms with Gasteiger partial charge in [0.05, 0.1) is 5.92 Å². The number of carbonyl (C=O) groups excluding carboxylic acids is 2. The Balaban J connectivity index is 2.21.